The normalized spacial score (nSPS) is 12.1. The molecule has 0 bridgehead atoms. The minimum absolute atomic E-state index is 0.797. The summed E-state index contributed by atoms with van der Waals surface area (Å²) >= 11 is 0. The minimum Gasteiger partial charge on any atom is -0.330 e. The maximum Gasteiger partial charge on any atom is -0.00399 e. The SMILES string of the molecule is CC/C=C(/CCC)CCN. The van der Waals surface area contributed by atoms with Crippen LogP contribution in [0, 0.1) is 0 Å². The molecule has 10 heavy (non-hydrogen) atoms. The highest BCUT2D eigenvalue weighted by Gasteiger charge is 1.91. The summed E-state index contributed by atoms with van der Waals surface area (Å²) in [6.45, 7) is 5.18. The van der Waals surface area contributed by atoms with E-state index in [1.54, 1.807) is 0 Å². The van der Waals surface area contributed by atoms with Crippen molar-refractivity contribution in [1.82, 2.24) is 0 Å². The first-order valence-electron chi connectivity index (χ1n) is 4.23. The molecule has 1 heteroatoms. The van der Waals surface area contributed by atoms with Gasteiger partial charge in [-0.15, -0.1) is 0 Å². The van der Waals surface area contributed by atoms with Gasteiger partial charge in [0.25, 0.3) is 0 Å². The average Bonchev–Trinajstić information content (AvgIpc) is 1.90. The zero-order valence-electron chi connectivity index (χ0n) is 7.19. The largest absolute Gasteiger partial charge is 0.330 e. The predicted octanol–water partition coefficient (Wildman–Crippen LogP) is 2.47. The molecule has 0 rings (SSSR count). The third kappa shape index (κ3) is 4.57. The minimum atomic E-state index is 0.797. The molecule has 0 aromatic rings. The molecule has 0 atom stereocenters. The molecule has 0 aromatic heterocycles. The van der Waals surface area contributed by atoms with Crippen molar-refractivity contribution < 1.29 is 0 Å². The Morgan fingerprint density at radius 2 is 2.00 bits per heavy atom. The number of nitrogens with two attached hydrogens (primary N) is 1. The Hall–Kier alpha value is -0.300. The van der Waals surface area contributed by atoms with Crippen LogP contribution in [0.15, 0.2) is 11.6 Å². The monoisotopic (exact) mass is 141 g/mol. The molecular weight excluding hydrogens is 122 g/mol. The van der Waals surface area contributed by atoms with Crippen molar-refractivity contribution in [2.45, 2.75) is 39.5 Å². The molecule has 60 valence electrons. The average molecular weight is 141 g/mol. The van der Waals surface area contributed by atoms with Crippen LogP contribution >= 0.6 is 0 Å². The van der Waals surface area contributed by atoms with E-state index in [2.05, 4.69) is 19.9 Å². The molecule has 1 nitrogen and oxygen atoms in total. The summed E-state index contributed by atoms with van der Waals surface area (Å²) in [6.07, 6.45) is 7.00. The van der Waals surface area contributed by atoms with E-state index < -0.39 is 0 Å². The fourth-order valence-electron chi connectivity index (χ4n) is 1.12. The topological polar surface area (TPSA) is 26.0 Å². The Morgan fingerprint density at radius 3 is 2.40 bits per heavy atom. The van der Waals surface area contributed by atoms with Gasteiger partial charge in [0.1, 0.15) is 0 Å². The molecule has 0 aliphatic rings. The van der Waals surface area contributed by atoms with Crippen molar-refractivity contribution in [2.75, 3.05) is 6.54 Å². The molecule has 0 aliphatic heterocycles. The van der Waals surface area contributed by atoms with Gasteiger partial charge in [-0.25, -0.2) is 0 Å². The highest BCUT2D eigenvalue weighted by Crippen LogP contribution is 2.08. The summed E-state index contributed by atoms with van der Waals surface area (Å²) < 4.78 is 0. The van der Waals surface area contributed by atoms with Crippen molar-refractivity contribution in [3.63, 3.8) is 0 Å². The molecule has 0 spiro atoms. The van der Waals surface area contributed by atoms with Crippen molar-refractivity contribution in [1.29, 1.82) is 0 Å². The second kappa shape index (κ2) is 6.81. The molecule has 0 heterocycles. The van der Waals surface area contributed by atoms with E-state index in [1.807, 2.05) is 0 Å². The van der Waals surface area contributed by atoms with Crippen LogP contribution in [0.1, 0.15) is 39.5 Å². The molecule has 0 amide bonds. The van der Waals surface area contributed by atoms with Gasteiger partial charge in [0.15, 0.2) is 0 Å². The Kier molecular flexibility index (Phi) is 6.61. The second-order valence-corrected chi connectivity index (χ2v) is 2.56. The lowest BCUT2D eigenvalue weighted by atomic mass is 10.1. The van der Waals surface area contributed by atoms with E-state index in [0.717, 1.165) is 19.4 Å². The van der Waals surface area contributed by atoms with Gasteiger partial charge < -0.3 is 5.73 Å². The van der Waals surface area contributed by atoms with E-state index in [1.165, 1.54) is 18.4 Å². The van der Waals surface area contributed by atoms with E-state index >= 15 is 0 Å². The first-order valence-corrected chi connectivity index (χ1v) is 4.23. The Labute approximate surface area is 64.3 Å². The van der Waals surface area contributed by atoms with Crippen LogP contribution < -0.4 is 5.73 Å². The number of rotatable bonds is 5. The van der Waals surface area contributed by atoms with Crippen molar-refractivity contribution in [3.8, 4) is 0 Å². The first kappa shape index (κ1) is 9.70. The summed E-state index contributed by atoms with van der Waals surface area (Å²) in [7, 11) is 0. The second-order valence-electron chi connectivity index (χ2n) is 2.56. The van der Waals surface area contributed by atoms with Gasteiger partial charge in [0.2, 0.25) is 0 Å². The van der Waals surface area contributed by atoms with Crippen LogP contribution in [0.4, 0.5) is 0 Å². The first-order chi connectivity index (χ1) is 4.85. The number of allylic oxidation sites excluding steroid dienone is 1. The fourth-order valence-corrected chi connectivity index (χ4v) is 1.12. The summed E-state index contributed by atoms with van der Waals surface area (Å²) in [4.78, 5) is 0. The fraction of sp³-hybridized carbons (Fsp3) is 0.778. The van der Waals surface area contributed by atoms with Crippen LogP contribution in [0.25, 0.3) is 0 Å². The van der Waals surface area contributed by atoms with Crippen molar-refractivity contribution >= 4 is 0 Å². The maximum absolute atomic E-state index is 5.45. The van der Waals surface area contributed by atoms with Gasteiger partial charge in [0, 0.05) is 0 Å². The maximum atomic E-state index is 5.45. The summed E-state index contributed by atoms with van der Waals surface area (Å²) in [6, 6.07) is 0. The third-order valence-corrected chi connectivity index (χ3v) is 1.53. The predicted molar refractivity (Wildman–Crippen MR) is 47.0 cm³/mol. The van der Waals surface area contributed by atoms with Crippen LogP contribution in [0.2, 0.25) is 0 Å². The summed E-state index contributed by atoms with van der Waals surface area (Å²) in [5.41, 5.74) is 6.98. The molecule has 0 aromatic carbocycles. The van der Waals surface area contributed by atoms with Gasteiger partial charge in [0.05, 0.1) is 0 Å². The van der Waals surface area contributed by atoms with Gasteiger partial charge in [-0.05, 0) is 25.8 Å². The zero-order chi connectivity index (χ0) is 7.82. The lowest BCUT2D eigenvalue weighted by molar-refractivity contribution is 0.816. The molecule has 0 saturated carbocycles. The smallest absolute Gasteiger partial charge is 0.00399 e. The van der Waals surface area contributed by atoms with Gasteiger partial charge in [-0.3, -0.25) is 0 Å². The van der Waals surface area contributed by atoms with E-state index in [-0.39, 0.29) is 0 Å². The van der Waals surface area contributed by atoms with E-state index in [9.17, 15) is 0 Å². The molecular formula is C9H19N. The van der Waals surface area contributed by atoms with Crippen LogP contribution in [-0.4, -0.2) is 6.54 Å². The Balaban J connectivity index is 3.60. The van der Waals surface area contributed by atoms with E-state index in [0.29, 0.717) is 0 Å². The Bertz CT molecular complexity index is 86.9. The number of hydrogen-bond acceptors (Lipinski definition) is 1. The molecule has 2 N–H and O–H groups in total. The van der Waals surface area contributed by atoms with E-state index in [4.69, 9.17) is 5.73 Å². The highest BCUT2D eigenvalue weighted by atomic mass is 14.5. The van der Waals surface area contributed by atoms with Crippen molar-refractivity contribution in [2.24, 2.45) is 5.73 Å². The molecule has 0 unspecified atom stereocenters. The Morgan fingerprint density at radius 1 is 1.30 bits per heavy atom. The van der Waals surface area contributed by atoms with Gasteiger partial charge in [-0.2, -0.15) is 0 Å². The zero-order valence-corrected chi connectivity index (χ0v) is 7.19. The van der Waals surface area contributed by atoms with Crippen LogP contribution in [-0.2, 0) is 0 Å². The quantitative estimate of drug-likeness (QED) is 0.585. The highest BCUT2D eigenvalue weighted by molar-refractivity contribution is 5.01. The molecule has 0 radical (unpaired) electrons. The third-order valence-electron chi connectivity index (χ3n) is 1.53. The van der Waals surface area contributed by atoms with Crippen molar-refractivity contribution in [3.05, 3.63) is 11.6 Å². The standard InChI is InChI=1S/C9H19N/c1-3-5-9(6-4-2)7-8-10/h5H,3-4,6-8,10H2,1-2H3/b9-5-. The molecule has 0 saturated heterocycles. The molecule has 0 aliphatic carbocycles. The summed E-state index contributed by atoms with van der Waals surface area (Å²) in [5, 5.41) is 0. The molecule has 0 fully saturated rings. The van der Waals surface area contributed by atoms with Gasteiger partial charge in [-0.1, -0.05) is 31.9 Å². The number of hydrogen-bond donors (Lipinski definition) is 1. The lowest BCUT2D eigenvalue weighted by Crippen LogP contribution is -2.00. The summed E-state index contributed by atoms with van der Waals surface area (Å²) in [5.74, 6) is 0. The van der Waals surface area contributed by atoms with Gasteiger partial charge >= 0.3 is 0 Å². The van der Waals surface area contributed by atoms with Crippen LogP contribution in [0.3, 0.4) is 0 Å². The lowest BCUT2D eigenvalue weighted by Gasteiger charge is -2.02. The van der Waals surface area contributed by atoms with Crippen LogP contribution in [0.5, 0.6) is 0 Å².